The molecule has 0 fully saturated rings. The lowest BCUT2D eigenvalue weighted by Crippen LogP contribution is -1.47. The zero-order valence-corrected chi connectivity index (χ0v) is 5.03. The lowest BCUT2D eigenvalue weighted by Gasteiger charge is -1.69. The summed E-state index contributed by atoms with van der Waals surface area (Å²) < 4.78 is 4.25. The van der Waals surface area contributed by atoms with Crippen LogP contribution in [-0.2, 0) is 4.74 Å². The minimum Gasteiger partial charge on any atom is -0.466 e. The Morgan fingerprint density at radius 1 is 0.556 bits per heavy atom. The second-order valence-corrected chi connectivity index (χ2v) is 1.56. The standard InChI is InChI=1S/C6H6.C2H2O/c1-2-4-6-5-3-1;1-2-3-1/h1-6H;1-2H. The second kappa shape index (κ2) is 3.72. The molecular formula is C8H8O. The van der Waals surface area contributed by atoms with E-state index in [0.717, 1.165) is 0 Å². The first-order valence-corrected chi connectivity index (χ1v) is 2.80. The molecule has 0 unspecified atom stereocenters. The van der Waals surface area contributed by atoms with Gasteiger partial charge in [-0.15, -0.1) is 0 Å². The molecule has 0 bridgehead atoms. The molecule has 0 radical (unpaired) electrons. The van der Waals surface area contributed by atoms with Crippen LogP contribution in [0.5, 0.6) is 0 Å². The number of hydrogen-bond donors (Lipinski definition) is 0. The molecule has 1 aliphatic heterocycles. The molecule has 2 rings (SSSR count). The van der Waals surface area contributed by atoms with Crippen LogP contribution in [0.1, 0.15) is 0 Å². The molecule has 1 aromatic carbocycles. The van der Waals surface area contributed by atoms with E-state index in [1.807, 2.05) is 36.4 Å². The second-order valence-electron chi connectivity index (χ2n) is 1.56. The first-order valence-electron chi connectivity index (χ1n) is 2.80. The van der Waals surface area contributed by atoms with E-state index < -0.39 is 0 Å². The van der Waals surface area contributed by atoms with Crippen molar-refractivity contribution in [2.45, 2.75) is 0 Å². The van der Waals surface area contributed by atoms with Crippen molar-refractivity contribution in [2.75, 3.05) is 0 Å². The van der Waals surface area contributed by atoms with Gasteiger partial charge in [0, 0.05) is 0 Å². The van der Waals surface area contributed by atoms with Gasteiger partial charge >= 0.3 is 0 Å². The maximum Gasteiger partial charge on any atom is 0.125 e. The van der Waals surface area contributed by atoms with Crippen molar-refractivity contribution in [3.8, 4) is 0 Å². The van der Waals surface area contributed by atoms with Gasteiger partial charge in [-0.2, -0.15) is 0 Å². The number of rotatable bonds is 0. The van der Waals surface area contributed by atoms with E-state index >= 15 is 0 Å². The van der Waals surface area contributed by atoms with E-state index in [1.54, 1.807) is 12.5 Å². The molecule has 0 atom stereocenters. The quantitative estimate of drug-likeness (QED) is 0.511. The fraction of sp³-hybridized carbons (Fsp3) is 0. The van der Waals surface area contributed by atoms with Crippen LogP contribution < -0.4 is 0 Å². The van der Waals surface area contributed by atoms with Crippen molar-refractivity contribution in [3.05, 3.63) is 48.9 Å². The van der Waals surface area contributed by atoms with Gasteiger partial charge in [0.2, 0.25) is 0 Å². The maximum absolute atomic E-state index is 4.25. The molecule has 0 spiro atoms. The van der Waals surface area contributed by atoms with Crippen molar-refractivity contribution >= 4 is 0 Å². The molecule has 0 amide bonds. The molecule has 0 saturated carbocycles. The van der Waals surface area contributed by atoms with Gasteiger partial charge in [0.1, 0.15) is 12.5 Å². The Labute approximate surface area is 54.6 Å². The highest BCUT2D eigenvalue weighted by atomic mass is 16.5. The van der Waals surface area contributed by atoms with E-state index in [2.05, 4.69) is 4.74 Å². The highest BCUT2D eigenvalue weighted by Gasteiger charge is 1.74. The minimum absolute atomic E-state index is 1.62. The average Bonchev–Trinajstić information content (AvgIpc) is 2.76. The molecule has 0 N–H and O–H groups in total. The fourth-order valence-electron chi connectivity index (χ4n) is 0.385. The largest absolute Gasteiger partial charge is 0.466 e. The van der Waals surface area contributed by atoms with Crippen molar-refractivity contribution in [2.24, 2.45) is 0 Å². The van der Waals surface area contributed by atoms with Gasteiger partial charge in [0.25, 0.3) is 0 Å². The Kier molecular flexibility index (Phi) is 2.44. The molecule has 1 heteroatoms. The maximum atomic E-state index is 4.25. The van der Waals surface area contributed by atoms with E-state index in [9.17, 15) is 0 Å². The van der Waals surface area contributed by atoms with Crippen LogP contribution in [0.2, 0.25) is 0 Å². The molecule has 1 aliphatic rings. The van der Waals surface area contributed by atoms with Gasteiger partial charge in [-0.1, -0.05) is 36.4 Å². The van der Waals surface area contributed by atoms with Gasteiger partial charge in [0.15, 0.2) is 0 Å². The first kappa shape index (κ1) is 5.89. The fourth-order valence-corrected chi connectivity index (χ4v) is 0.385. The number of ether oxygens (including phenoxy) is 1. The number of benzene rings is 1. The molecular weight excluding hydrogens is 112 g/mol. The predicted octanol–water partition coefficient (Wildman–Crippen LogP) is 2.17. The van der Waals surface area contributed by atoms with Crippen molar-refractivity contribution < 1.29 is 4.74 Å². The van der Waals surface area contributed by atoms with Gasteiger partial charge < -0.3 is 4.74 Å². The van der Waals surface area contributed by atoms with Crippen molar-refractivity contribution in [3.63, 3.8) is 0 Å². The van der Waals surface area contributed by atoms with Crippen LogP contribution >= 0.6 is 0 Å². The summed E-state index contributed by atoms with van der Waals surface area (Å²) in [5, 5.41) is 0. The highest BCUT2D eigenvalue weighted by molar-refractivity contribution is 4.99. The Balaban J connectivity index is 0.000000112. The Bertz CT molecular complexity index is 136. The zero-order chi connectivity index (χ0) is 6.36. The van der Waals surface area contributed by atoms with Crippen LogP contribution in [0.3, 0.4) is 0 Å². The SMILES string of the molecule is C1=CO1.c1ccccc1. The summed E-state index contributed by atoms with van der Waals surface area (Å²) in [7, 11) is 0. The van der Waals surface area contributed by atoms with Gasteiger partial charge in [0.05, 0.1) is 0 Å². The van der Waals surface area contributed by atoms with Gasteiger partial charge in [-0.25, -0.2) is 0 Å². The Hall–Kier alpha value is -1.24. The predicted molar refractivity (Wildman–Crippen MR) is 36.7 cm³/mol. The monoisotopic (exact) mass is 120 g/mol. The molecule has 9 heavy (non-hydrogen) atoms. The number of hydrogen-bond acceptors (Lipinski definition) is 1. The Morgan fingerprint density at radius 2 is 0.778 bits per heavy atom. The third-order valence-corrected chi connectivity index (χ3v) is 0.803. The Morgan fingerprint density at radius 3 is 0.889 bits per heavy atom. The average molecular weight is 120 g/mol. The molecule has 46 valence electrons. The normalized spacial score (nSPS) is 10.7. The first-order chi connectivity index (χ1) is 4.50. The lowest BCUT2D eigenvalue weighted by atomic mass is 10.4. The summed E-state index contributed by atoms with van der Waals surface area (Å²) in [6.07, 6.45) is 3.25. The smallest absolute Gasteiger partial charge is 0.125 e. The third kappa shape index (κ3) is 4.62. The molecule has 1 heterocycles. The summed E-state index contributed by atoms with van der Waals surface area (Å²) in [5.41, 5.74) is 0. The summed E-state index contributed by atoms with van der Waals surface area (Å²) in [4.78, 5) is 0. The third-order valence-electron chi connectivity index (χ3n) is 0.803. The van der Waals surface area contributed by atoms with Crippen LogP contribution in [0.15, 0.2) is 48.9 Å². The van der Waals surface area contributed by atoms with Crippen LogP contribution in [-0.4, -0.2) is 0 Å². The molecule has 0 aromatic heterocycles. The van der Waals surface area contributed by atoms with Crippen molar-refractivity contribution in [1.82, 2.24) is 0 Å². The molecule has 0 aliphatic carbocycles. The summed E-state index contributed by atoms with van der Waals surface area (Å²) in [6, 6.07) is 12.0. The van der Waals surface area contributed by atoms with Crippen LogP contribution in [0.25, 0.3) is 0 Å². The summed E-state index contributed by atoms with van der Waals surface area (Å²) in [6.45, 7) is 0. The summed E-state index contributed by atoms with van der Waals surface area (Å²) in [5.74, 6) is 0. The topological polar surface area (TPSA) is 12.5 Å². The van der Waals surface area contributed by atoms with E-state index in [0.29, 0.717) is 0 Å². The highest BCUT2D eigenvalue weighted by Crippen LogP contribution is 1.89. The molecule has 1 nitrogen and oxygen atoms in total. The zero-order valence-electron chi connectivity index (χ0n) is 5.03. The van der Waals surface area contributed by atoms with E-state index in [4.69, 9.17) is 0 Å². The van der Waals surface area contributed by atoms with Crippen LogP contribution in [0, 0.1) is 0 Å². The summed E-state index contributed by atoms with van der Waals surface area (Å²) >= 11 is 0. The molecule has 1 aromatic rings. The van der Waals surface area contributed by atoms with Crippen molar-refractivity contribution in [1.29, 1.82) is 0 Å². The van der Waals surface area contributed by atoms with Crippen LogP contribution in [0.4, 0.5) is 0 Å². The van der Waals surface area contributed by atoms with Gasteiger partial charge in [-0.3, -0.25) is 0 Å². The van der Waals surface area contributed by atoms with E-state index in [-0.39, 0.29) is 0 Å². The lowest BCUT2D eigenvalue weighted by molar-refractivity contribution is 0.541. The minimum atomic E-state index is 1.62. The molecule has 0 saturated heterocycles. The van der Waals surface area contributed by atoms with Gasteiger partial charge in [-0.05, 0) is 0 Å². The van der Waals surface area contributed by atoms with E-state index in [1.165, 1.54) is 0 Å².